The first-order valence-corrected chi connectivity index (χ1v) is 7.45. The van der Waals surface area contributed by atoms with E-state index in [-0.39, 0.29) is 0 Å². The van der Waals surface area contributed by atoms with E-state index in [0.717, 1.165) is 51.0 Å². The molecule has 5 heteroatoms. The van der Waals surface area contributed by atoms with Crippen molar-refractivity contribution >= 4 is 5.96 Å². The second-order valence-electron chi connectivity index (χ2n) is 4.90. The minimum Gasteiger partial charge on any atom is -0.382 e. The number of aliphatic imine (C=N–C) groups is 1. The van der Waals surface area contributed by atoms with Crippen molar-refractivity contribution in [2.75, 3.05) is 46.6 Å². The Bertz CT molecular complexity index is 243. The molecule has 19 heavy (non-hydrogen) atoms. The van der Waals surface area contributed by atoms with Gasteiger partial charge in [-0.3, -0.25) is 4.99 Å². The minimum absolute atomic E-state index is 0.677. The molecule has 0 heterocycles. The Kier molecular flexibility index (Phi) is 9.45. The van der Waals surface area contributed by atoms with Crippen molar-refractivity contribution in [1.29, 1.82) is 0 Å². The maximum atomic E-state index is 5.42. The summed E-state index contributed by atoms with van der Waals surface area (Å²) in [5, 5.41) is 6.64. The van der Waals surface area contributed by atoms with Gasteiger partial charge in [-0.25, -0.2) is 0 Å². The third kappa shape index (κ3) is 9.73. The third-order valence-corrected chi connectivity index (χ3v) is 2.99. The molecule has 0 aromatic heterocycles. The third-order valence-electron chi connectivity index (χ3n) is 2.99. The fourth-order valence-electron chi connectivity index (χ4n) is 1.64. The summed E-state index contributed by atoms with van der Waals surface area (Å²) in [5.41, 5.74) is 0. The Morgan fingerprint density at radius 3 is 2.68 bits per heavy atom. The maximum Gasteiger partial charge on any atom is 0.191 e. The van der Waals surface area contributed by atoms with Crippen LogP contribution in [0.5, 0.6) is 0 Å². The largest absolute Gasteiger partial charge is 0.382 e. The Balaban J connectivity index is 1.96. The lowest BCUT2D eigenvalue weighted by atomic mass is 10.3. The van der Waals surface area contributed by atoms with Gasteiger partial charge in [-0.2, -0.15) is 0 Å². The zero-order valence-electron chi connectivity index (χ0n) is 12.4. The van der Waals surface area contributed by atoms with Gasteiger partial charge in [0.05, 0.1) is 13.2 Å². The second-order valence-corrected chi connectivity index (χ2v) is 4.90. The average molecular weight is 271 g/mol. The maximum absolute atomic E-state index is 5.42. The van der Waals surface area contributed by atoms with Crippen LogP contribution in [0.4, 0.5) is 0 Å². The number of nitrogens with zero attached hydrogens (tertiary/aromatic N) is 1. The van der Waals surface area contributed by atoms with Crippen molar-refractivity contribution in [1.82, 2.24) is 10.6 Å². The van der Waals surface area contributed by atoms with Gasteiger partial charge in [0, 0.05) is 33.4 Å². The van der Waals surface area contributed by atoms with Crippen molar-refractivity contribution < 1.29 is 9.47 Å². The van der Waals surface area contributed by atoms with Gasteiger partial charge in [-0.15, -0.1) is 0 Å². The van der Waals surface area contributed by atoms with Crippen LogP contribution in [0, 0.1) is 5.92 Å². The average Bonchev–Trinajstić information content (AvgIpc) is 3.23. The van der Waals surface area contributed by atoms with E-state index in [1.54, 1.807) is 7.11 Å². The summed E-state index contributed by atoms with van der Waals surface area (Å²) in [5.74, 6) is 1.79. The first-order valence-electron chi connectivity index (χ1n) is 7.45. The number of ether oxygens (including phenoxy) is 2. The summed E-state index contributed by atoms with van der Waals surface area (Å²) in [6.45, 7) is 7.10. The van der Waals surface area contributed by atoms with E-state index in [1.807, 2.05) is 0 Å². The van der Waals surface area contributed by atoms with Crippen LogP contribution < -0.4 is 10.6 Å². The molecule has 1 rings (SSSR count). The van der Waals surface area contributed by atoms with Crippen LogP contribution in [0.15, 0.2) is 4.99 Å². The molecule has 1 aliphatic rings. The quantitative estimate of drug-likeness (QED) is 0.339. The van der Waals surface area contributed by atoms with Crippen LogP contribution in [0.2, 0.25) is 0 Å². The monoisotopic (exact) mass is 271 g/mol. The predicted molar refractivity (Wildman–Crippen MR) is 78.6 cm³/mol. The molecule has 0 aliphatic heterocycles. The van der Waals surface area contributed by atoms with E-state index in [2.05, 4.69) is 22.5 Å². The number of rotatable bonds is 11. The highest BCUT2D eigenvalue weighted by Gasteiger charge is 2.20. The lowest BCUT2D eigenvalue weighted by Crippen LogP contribution is -2.38. The lowest BCUT2D eigenvalue weighted by molar-refractivity contribution is 0.0689. The molecule has 5 nitrogen and oxygen atoms in total. The van der Waals surface area contributed by atoms with Crippen molar-refractivity contribution in [2.45, 2.75) is 32.6 Å². The first kappa shape index (κ1) is 16.2. The first-order chi connectivity index (χ1) is 9.36. The number of hydrogen-bond donors (Lipinski definition) is 2. The molecule has 0 aromatic carbocycles. The molecule has 1 fully saturated rings. The molecule has 2 N–H and O–H groups in total. The van der Waals surface area contributed by atoms with Crippen molar-refractivity contribution in [3.63, 3.8) is 0 Å². The Morgan fingerprint density at radius 1 is 1.16 bits per heavy atom. The topological polar surface area (TPSA) is 54.9 Å². The van der Waals surface area contributed by atoms with Crippen LogP contribution in [-0.4, -0.2) is 52.5 Å². The molecule has 0 saturated heterocycles. The highest BCUT2D eigenvalue weighted by Crippen LogP contribution is 2.28. The van der Waals surface area contributed by atoms with E-state index in [9.17, 15) is 0 Å². The molecule has 0 unspecified atom stereocenters. The molecule has 0 atom stereocenters. The van der Waals surface area contributed by atoms with Crippen molar-refractivity contribution in [3.05, 3.63) is 0 Å². The summed E-state index contributed by atoms with van der Waals surface area (Å²) in [6, 6.07) is 0. The van der Waals surface area contributed by atoms with Gasteiger partial charge in [-0.1, -0.05) is 0 Å². The number of nitrogens with one attached hydrogen (secondary N) is 2. The van der Waals surface area contributed by atoms with E-state index >= 15 is 0 Å². The van der Waals surface area contributed by atoms with Crippen LogP contribution in [-0.2, 0) is 9.47 Å². The molecule has 1 aliphatic carbocycles. The SMILES string of the molecule is CCNC(=NCC1CC1)NCCCCOCCOC. The number of guanidine groups is 1. The molecule has 0 aromatic rings. The number of unbranched alkanes of at least 4 members (excludes halogenated alkanes) is 1. The number of hydrogen-bond acceptors (Lipinski definition) is 3. The normalized spacial score (nSPS) is 15.6. The summed E-state index contributed by atoms with van der Waals surface area (Å²) >= 11 is 0. The van der Waals surface area contributed by atoms with Gasteiger partial charge in [0.15, 0.2) is 5.96 Å². The molecular weight excluding hydrogens is 242 g/mol. The summed E-state index contributed by atoms with van der Waals surface area (Å²) in [4.78, 5) is 4.58. The van der Waals surface area contributed by atoms with Gasteiger partial charge < -0.3 is 20.1 Å². The van der Waals surface area contributed by atoms with E-state index in [0.29, 0.717) is 13.2 Å². The zero-order valence-corrected chi connectivity index (χ0v) is 12.4. The Morgan fingerprint density at radius 2 is 2.00 bits per heavy atom. The Labute approximate surface area is 117 Å². The van der Waals surface area contributed by atoms with E-state index in [4.69, 9.17) is 9.47 Å². The Hall–Kier alpha value is -0.810. The molecule has 0 bridgehead atoms. The van der Waals surface area contributed by atoms with Gasteiger partial charge in [0.1, 0.15) is 0 Å². The van der Waals surface area contributed by atoms with Gasteiger partial charge in [0.2, 0.25) is 0 Å². The molecule has 0 spiro atoms. The van der Waals surface area contributed by atoms with E-state index in [1.165, 1.54) is 12.8 Å². The zero-order chi connectivity index (χ0) is 13.8. The van der Waals surface area contributed by atoms with Crippen molar-refractivity contribution in [2.24, 2.45) is 10.9 Å². The standard InChI is InChI=1S/C14H29N3O2/c1-3-15-14(17-12-13-6-7-13)16-8-4-5-9-19-11-10-18-2/h13H,3-12H2,1-2H3,(H2,15,16,17). The van der Waals surface area contributed by atoms with Gasteiger partial charge in [-0.05, 0) is 38.5 Å². The van der Waals surface area contributed by atoms with Crippen LogP contribution in [0.1, 0.15) is 32.6 Å². The lowest BCUT2D eigenvalue weighted by Gasteiger charge is -2.11. The van der Waals surface area contributed by atoms with Gasteiger partial charge >= 0.3 is 0 Å². The van der Waals surface area contributed by atoms with Crippen LogP contribution >= 0.6 is 0 Å². The van der Waals surface area contributed by atoms with Crippen LogP contribution in [0.25, 0.3) is 0 Å². The molecule has 112 valence electrons. The highest BCUT2D eigenvalue weighted by atomic mass is 16.5. The van der Waals surface area contributed by atoms with Crippen LogP contribution in [0.3, 0.4) is 0 Å². The van der Waals surface area contributed by atoms with Crippen molar-refractivity contribution in [3.8, 4) is 0 Å². The summed E-state index contributed by atoms with van der Waals surface area (Å²) < 4.78 is 10.3. The fourth-order valence-corrected chi connectivity index (χ4v) is 1.64. The molecule has 0 radical (unpaired) electrons. The second kappa shape index (κ2) is 11.1. The smallest absolute Gasteiger partial charge is 0.191 e. The molecule has 0 amide bonds. The summed E-state index contributed by atoms with van der Waals surface area (Å²) in [7, 11) is 1.69. The fraction of sp³-hybridized carbons (Fsp3) is 0.929. The minimum atomic E-state index is 0.677. The molecular formula is C14H29N3O2. The predicted octanol–water partition coefficient (Wildman–Crippen LogP) is 1.39. The van der Waals surface area contributed by atoms with Gasteiger partial charge in [0.25, 0.3) is 0 Å². The molecule has 1 saturated carbocycles. The highest BCUT2D eigenvalue weighted by molar-refractivity contribution is 5.79. The van der Waals surface area contributed by atoms with E-state index < -0.39 is 0 Å². The number of methoxy groups -OCH3 is 1. The summed E-state index contributed by atoms with van der Waals surface area (Å²) in [6.07, 6.45) is 4.86.